The van der Waals surface area contributed by atoms with Gasteiger partial charge in [0, 0.05) is 16.8 Å². The summed E-state index contributed by atoms with van der Waals surface area (Å²) in [5, 5.41) is 8.61. The van der Waals surface area contributed by atoms with Crippen molar-refractivity contribution in [2.75, 3.05) is 5.75 Å². The van der Waals surface area contributed by atoms with Crippen molar-refractivity contribution in [2.45, 2.75) is 24.1 Å². The van der Waals surface area contributed by atoms with Crippen molar-refractivity contribution in [1.82, 2.24) is 15.2 Å². The second kappa shape index (κ2) is 8.21. The lowest BCUT2D eigenvalue weighted by Gasteiger charge is -2.38. The van der Waals surface area contributed by atoms with Crippen LogP contribution < -0.4 is 5.73 Å². The van der Waals surface area contributed by atoms with Crippen molar-refractivity contribution in [1.29, 1.82) is 0 Å². The second-order valence-electron chi connectivity index (χ2n) is 8.49. The first-order valence-electron chi connectivity index (χ1n) is 10.4. The summed E-state index contributed by atoms with van der Waals surface area (Å²) >= 11 is 6.91. The van der Waals surface area contributed by atoms with Gasteiger partial charge in [0.05, 0.1) is 21.2 Å². The molecule has 0 radical (unpaired) electrons. The van der Waals surface area contributed by atoms with Crippen LogP contribution in [0.5, 0.6) is 0 Å². The Balaban J connectivity index is 1.54. The van der Waals surface area contributed by atoms with E-state index in [2.05, 4.69) is 20.2 Å². The van der Waals surface area contributed by atoms with Crippen molar-refractivity contribution < 1.29 is 17.2 Å². The van der Waals surface area contributed by atoms with Crippen LogP contribution in [0.4, 0.5) is 4.39 Å². The molecule has 0 bridgehead atoms. The zero-order valence-electron chi connectivity index (χ0n) is 18.6. The van der Waals surface area contributed by atoms with Crippen LogP contribution in [0.15, 0.2) is 64.1 Å². The number of halogens is 2. The Bertz CT molecular complexity index is 1550. The first-order chi connectivity index (χ1) is 16.5. The highest BCUT2D eigenvalue weighted by Gasteiger charge is 2.54. The molecule has 35 heavy (non-hydrogen) atoms. The number of hydrogen-bond acceptors (Lipinski definition) is 9. The fourth-order valence-electron chi connectivity index (χ4n) is 4.00. The first kappa shape index (κ1) is 23.6. The van der Waals surface area contributed by atoms with Crippen LogP contribution in [0.2, 0.25) is 5.02 Å². The molecule has 0 spiro atoms. The van der Waals surface area contributed by atoms with Gasteiger partial charge >= 0.3 is 0 Å². The first-order valence-corrected chi connectivity index (χ1v) is 13.3. The number of nitrogens with two attached hydrogens (primary N) is 1. The monoisotopic (exact) mass is 531 g/mol. The van der Waals surface area contributed by atoms with E-state index in [0.29, 0.717) is 15.5 Å². The molecule has 1 aromatic carbocycles. The lowest BCUT2D eigenvalue weighted by molar-refractivity contribution is 0.482. The van der Waals surface area contributed by atoms with E-state index in [1.165, 1.54) is 19.2 Å². The quantitative estimate of drug-likeness (QED) is 0.409. The molecule has 0 unspecified atom stereocenters. The standard InChI is InChI=1S/C23H19ClFN5O3S2/c1-22(12-35(31,32)23(2,21(26)28-22)17-5-3-4-10-27-17)18-15(25)11-16(34-18)20-30-29-19(33-20)13-6-8-14(24)9-7-13/h3-11H,12H2,1-2H3,(H2,26,28)/t22-,23-/m0/s1. The van der Waals surface area contributed by atoms with Crippen molar-refractivity contribution in [3.8, 4) is 22.2 Å². The Morgan fingerprint density at radius 1 is 1.11 bits per heavy atom. The maximum Gasteiger partial charge on any atom is 0.258 e. The lowest BCUT2D eigenvalue weighted by Crippen LogP contribution is -2.54. The summed E-state index contributed by atoms with van der Waals surface area (Å²) in [5.41, 5.74) is 5.72. The van der Waals surface area contributed by atoms with Gasteiger partial charge in [-0.15, -0.1) is 21.5 Å². The predicted octanol–water partition coefficient (Wildman–Crippen LogP) is 4.57. The number of aromatic nitrogens is 3. The van der Waals surface area contributed by atoms with Crippen LogP contribution in [-0.2, 0) is 20.1 Å². The third-order valence-electron chi connectivity index (χ3n) is 6.01. The largest absolute Gasteiger partial charge is 0.415 e. The van der Waals surface area contributed by atoms with Crippen LogP contribution in [0.25, 0.3) is 22.2 Å². The number of rotatable bonds is 4. The number of sulfone groups is 1. The number of nitrogens with zero attached hydrogens (tertiary/aromatic N) is 4. The average Bonchev–Trinajstić information content (AvgIpc) is 3.45. The fourth-order valence-corrected chi connectivity index (χ4v) is 7.31. The maximum absolute atomic E-state index is 15.2. The van der Waals surface area contributed by atoms with Gasteiger partial charge in [0.15, 0.2) is 14.6 Å². The summed E-state index contributed by atoms with van der Waals surface area (Å²) in [6.07, 6.45) is 1.49. The molecule has 8 nitrogen and oxygen atoms in total. The number of amidine groups is 1. The molecule has 4 heterocycles. The van der Waals surface area contributed by atoms with Crippen molar-refractivity contribution in [2.24, 2.45) is 10.7 Å². The highest BCUT2D eigenvalue weighted by molar-refractivity contribution is 7.93. The molecule has 1 aliphatic rings. The topological polar surface area (TPSA) is 124 Å². The van der Waals surface area contributed by atoms with Gasteiger partial charge in [-0.05, 0) is 56.3 Å². The minimum Gasteiger partial charge on any atom is -0.415 e. The number of benzene rings is 1. The Hall–Kier alpha value is -3.15. The van der Waals surface area contributed by atoms with Gasteiger partial charge in [0.1, 0.15) is 17.2 Å². The number of hydrogen-bond donors (Lipinski definition) is 1. The van der Waals surface area contributed by atoms with Crippen molar-refractivity contribution >= 4 is 38.6 Å². The van der Waals surface area contributed by atoms with Gasteiger partial charge in [-0.1, -0.05) is 17.7 Å². The van der Waals surface area contributed by atoms with E-state index in [9.17, 15) is 8.42 Å². The van der Waals surface area contributed by atoms with E-state index >= 15 is 4.39 Å². The summed E-state index contributed by atoms with van der Waals surface area (Å²) in [6, 6.07) is 13.0. The zero-order valence-corrected chi connectivity index (χ0v) is 21.0. The van der Waals surface area contributed by atoms with Gasteiger partial charge in [0.25, 0.3) is 5.89 Å². The van der Waals surface area contributed by atoms with Crippen molar-refractivity contribution in [3.05, 3.63) is 76.1 Å². The van der Waals surface area contributed by atoms with Crippen LogP contribution in [0, 0.1) is 5.82 Å². The molecule has 0 aliphatic carbocycles. The van der Waals surface area contributed by atoms with Crippen LogP contribution in [-0.4, -0.2) is 35.2 Å². The van der Waals surface area contributed by atoms with Gasteiger partial charge in [-0.2, -0.15) is 0 Å². The summed E-state index contributed by atoms with van der Waals surface area (Å²) in [4.78, 5) is 9.14. The Morgan fingerprint density at radius 2 is 1.83 bits per heavy atom. The number of pyridine rings is 1. The number of thiophene rings is 1. The third-order valence-corrected chi connectivity index (χ3v) is 10.2. The molecule has 5 rings (SSSR count). The molecule has 0 amide bonds. The van der Waals surface area contributed by atoms with Crippen LogP contribution >= 0.6 is 22.9 Å². The fraction of sp³-hybridized carbons (Fsp3) is 0.217. The maximum atomic E-state index is 15.2. The smallest absolute Gasteiger partial charge is 0.258 e. The molecule has 12 heteroatoms. The number of aliphatic imine (C=N–C) groups is 1. The molecule has 4 aromatic rings. The molecule has 0 saturated carbocycles. The molecular formula is C23H19ClFN5O3S2. The molecular weight excluding hydrogens is 513 g/mol. The van der Waals surface area contributed by atoms with E-state index in [4.69, 9.17) is 21.8 Å². The molecule has 3 aromatic heterocycles. The van der Waals surface area contributed by atoms with Gasteiger partial charge in [-0.3, -0.25) is 9.98 Å². The van der Waals surface area contributed by atoms with Crippen LogP contribution in [0.1, 0.15) is 24.4 Å². The molecule has 0 saturated heterocycles. The van der Waals surface area contributed by atoms with Crippen molar-refractivity contribution in [3.63, 3.8) is 0 Å². The Kier molecular flexibility index (Phi) is 5.53. The molecule has 1 aliphatic heterocycles. The molecule has 2 atom stereocenters. The summed E-state index contributed by atoms with van der Waals surface area (Å²) in [5.74, 6) is -0.895. The van der Waals surface area contributed by atoms with E-state index in [-0.39, 0.29) is 28.2 Å². The van der Waals surface area contributed by atoms with Gasteiger partial charge in [-0.25, -0.2) is 12.8 Å². The van der Waals surface area contributed by atoms with E-state index in [1.807, 2.05) is 0 Å². The van der Waals surface area contributed by atoms with E-state index in [1.54, 1.807) is 49.4 Å². The summed E-state index contributed by atoms with van der Waals surface area (Å²) in [6.45, 7) is 3.01. The predicted molar refractivity (Wildman–Crippen MR) is 132 cm³/mol. The summed E-state index contributed by atoms with van der Waals surface area (Å²) in [7, 11) is -3.93. The highest BCUT2D eigenvalue weighted by atomic mass is 35.5. The molecule has 2 N–H and O–H groups in total. The minimum atomic E-state index is -3.93. The highest BCUT2D eigenvalue weighted by Crippen LogP contribution is 2.45. The Labute approximate surface area is 209 Å². The van der Waals surface area contributed by atoms with E-state index in [0.717, 1.165) is 11.3 Å². The van der Waals surface area contributed by atoms with Gasteiger partial charge < -0.3 is 10.2 Å². The SMILES string of the molecule is C[C@@]1(c2sc(-c3nnc(-c4ccc(Cl)cc4)o3)cc2F)CS(=O)(=O)[C@@](C)(c2ccccn2)C(N)=N1. The summed E-state index contributed by atoms with van der Waals surface area (Å²) < 4.78 is 46.3. The third kappa shape index (κ3) is 3.83. The molecule has 180 valence electrons. The van der Waals surface area contributed by atoms with Gasteiger partial charge in [0.2, 0.25) is 5.89 Å². The average molecular weight is 532 g/mol. The zero-order chi connectivity index (χ0) is 25.0. The van der Waals surface area contributed by atoms with Crippen LogP contribution in [0.3, 0.4) is 0 Å². The Morgan fingerprint density at radius 3 is 2.49 bits per heavy atom. The lowest BCUT2D eigenvalue weighted by atomic mass is 9.99. The normalized spacial score (nSPS) is 23.7. The minimum absolute atomic E-state index is 0.0997. The molecule has 0 fully saturated rings. The second-order valence-corrected chi connectivity index (χ2v) is 12.3. The van der Waals surface area contributed by atoms with E-state index < -0.39 is 31.7 Å².